The minimum Gasteiger partial charge on any atom is -0.384 e. The number of ether oxygens (including phenoxy) is 1. The normalized spacial score (nSPS) is 23.8. The first-order valence-electron chi connectivity index (χ1n) is 4.99. The van der Waals surface area contributed by atoms with Crippen LogP contribution in [0.5, 0.6) is 0 Å². The molecule has 1 saturated heterocycles. The Kier molecular flexibility index (Phi) is 4.69. The summed E-state index contributed by atoms with van der Waals surface area (Å²) in [6.45, 7) is 2.82. The van der Waals surface area contributed by atoms with Crippen molar-refractivity contribution in [2.24, 2.45) is 16.8 Å². The van der Waals surface area contributed by atoms with Gasteiger partial charge in [-0.25, -0.2) is 5.84 Å². The lowest BCUT2D eigenvalue weighted by Crippen LogP contribution is -2.49. The third kappa shape index (κ3) is 2.85. The number of likely N-dealkylation sites (tertiary alicyclic amines) is 1. The van der Waals surface area contributed by atoms with Gasteiger partial charge in [-0.1, -0.05) is 0 Å². The van der Waals surface area contributed by atoms with E-state index in [4.69, 9.17) is 10.6 Å². The number of rotatable bonds is 2. The Hall–Kier alpha value is -0.810. The summed E-state index contributed by atoms with van der Waals surface area (Å²) in [5.41, 5.74) is 2.62. The summed E-state index contributed by atoms with van der Waals surface area (Å²) in [6, 6.07) is 0. The highest BCUT2D eigenvalue weighted by molar-refractivity contribution is 5.79. The second-order valence-electron chi connectivity index (χ2n) is 3.60. The van der Waals surface area contributed by atoms with Crippen LogP contribution >= 0.6 is 0 Å². The van der Waals surface area contributed by atoms with Crippen LogP contribution in [0.4, 0.5) is 0 Å². The molecule has 1 heterocycles. The second-order valence-corrected chi connectivity index (χ2v) is 3.60. The zero-order valence-electron chi connectivity index (χ0n) is 8.99. The fourth-order valence-electron chi connectivity index (χ4n) is 1.93. The van der Waals surface area contributed by atoms with Crippen molar-refractivity contribution in [3.05, 3.63) is 0 Å². The summed E-state index contributed by atoms with van der Waals surface area (Å²) >= 11 is 0. The Bertz CT molecular complexity index is 193. The quantitative estimate of drug-likeness (QED) is 0.280. The number of hydrazine groups is 1. The molecule has 1 fully saturated rings. The van der Waals surface area contributed by atoms with Crippen molar-refractivity contribution in [3.63, 3.8) is 0 Å². The second kappa shape index (κ2) is 5.82. The van der Waals surface area contributed by atoms with Crippen LogP contribution in [0.15, 0.2) is 4.99 Å². The van der Waals surface area contributed by atoms with Crippen molar-refractivity contribution < 1.29 is 4.74 Å². The van der Waals surface area contributed by atoms with Crippen molar-refractivity contribution >= 4 is 5.96 Å². The lowest BCUT2D eigenvalue weighted by atomic mass is 9.99. The maximum atomic E-state index is 5.38. The molecule has 1 atom stereocenters. The van der Waals surface area contributed by atoms with Crippen LogP contribution in [0.2, 0.25) is 0 Å². The largest absolute Gasteiger partial charge is 0.384 e. The first-order valence-corrected chi connectivity index (χ1v) is 4.99. The van der Waals surface area contributed by atoms with Crippen molar-refractivity contribution in [2.45, 2.75) is 12.8 Å². The molecule has 0 saturated carbocycles. The molecule has 1 rings (SSSR count). The number of piperidine rings is 1. The molecule has 1 aliphatic heterocycles. The monoisotopic (exact) mass is 200 g/mol. The molecule has 1 aliphatic rings. The van der Waals surface area contributed by atoms with Gasteiger partial charge in [0.15, 0.2) is 0 Å². The predicted molar refractivity (Wildman–Crippen MR) is 56.9 cm³/mol. The van der Waals surface area contributed by atoms with Gasteiger partial charge >= 0.3 is 0 Å². The molecular weight excluding hydrogens is 180 g/mol. The maximum absolute atomic E-state index is 5.38. The number of nitrogens with two attached hydrogens (primary N) is 1. The molecule has 3 N–H and O–H groups in total. The topological polar surface area (TPSA) is 62.9 Å². The minimum atomic E-state index is 0.596. The summed E-state index contributed by atoms with van der Waals surface area (Å²) in [6.07, 6.45) is 2.40. The van der Waals surface area contributed by atoms with Crippen LogP contribution in [0.25, 0.3) is 0 Å². The smallest absolute Gasteiger partial charge is 0.208 e. The van der Waals surface area contributed by atoms with Gasteiger partial charge in [0, 0.05) is 27.2 Å². The van der Waals surface area contributed by atoms with E-state index in [1.807, 2.05) is 0 Å². The van der Waals surface area contributed by atoms with E-state index in [1.54, 1.807) is 14.2 Å². The van der Waals surface area contributed by atoms with Crippen LogP contribution in [-0.2, 0) is 4.74 Å². The number of hydrogen-bond donors (Lipinski definition) is 2. The van der Waals surface area contributed by atoms with Gasteiger partial charge in [-0.05, 0) is 18.8 Å². The van der Waals surface area contributed by atoms with Crippen molar-refractivity contribution in [2.75, 3.05) is 33.9 Å². The van der Waals surface area contributed by atoms with Gasteiger partial charge < -0.3 is 9.64 Å². The van der Waals surface area contributed by atoms with Gasteiger partial charge in [-0.2, -0.15) is 0 Å². The Morgan fingerprint density at radius 1 is 1.71 bits per heavy atom. The standard InChI is InChI=1S/C9H20N4O/c1-11-9(12-10)13-5-3-4-8(6-13)7-14-2/h8H,3-7,10H2,1-2H3,(H,11,12). The molecule has 0 aromatic heterocycles. The summed E-state index contributed by atoms with van der Waals surface area (Å²) < 4.78 is 5.16. The fourth-order valence-corrected chi connectivity index (χ4v) is 1.93. The molecule has 0 aliphatic carbocycles. The van der Waals surface area contributed by atoms with E-state index < -0.39 is 0 Å². The van der Waals surface area contributed by atoms with Gasteiger partial charge in [0.1, 0.15) is 0 Å². The molecule has 0 aromatic rings. The fraction of sp³-hybridized carbons (Fsp3) is 0.889. The van der Waals surface area contributed by atoms with Gasteiger partial charge in [0.2, 0.25) is 5.96 Å². The summed E-state index contributed by atoms with van der Waals surface area (Å²) in [5, 5.41) is 0. The molecule has 82 valence electrons. The molecule has 1 unspecified atom stereocenters. The molecule has 0 bridgehead atoms. The Labute approximate surface area is 85.3 Å². The molecule has 14 heavy (non-hydrogen) atoms. The van der Waals surface area contributed by atoms with Crippen LogP contribution in [0.1, 0.15) is 12.8 Å². The van der Waals surface area contributed by atoms with E-state index >= 15 is 0 Å². The first-order chi connectivity index (χ1) is 6.81. The maximum Gasteiger partial charge on any atom is 0.208 e. The Morgan fingerprint density at radius 3 is 3.07 bits per heavy atom. The molecule has 5 heteroatoms. The van der Waals surface area contributed by atoms with Gasteiger partial charge in [0.05, 0.1) is 6.61 Å². The molecule has 0 aromatic carbocycles. The van der Waals surface area contributed by atoms with Crippen molar-refractivity contribution in [1.29, 1.82) is 0 Å². The number of nitrogens with zero attached hydrogens (tertiary/aromatic N) is 2. The minimum absolute atomic E-state index is 0.596. The number of guanidine groups is 1. The summed E-state index contributed by atoms with van der Waals surface area (Å²) in [7, 11) is 3.49. The average Bonchev–Trinajstić information content (AvgIpc) is 2.21. The zero-order chi connectivity index (χ0) is 10.4. The number of methoxy groups -OCH3 is 1. The van der Waals surface area contributed by atoms with Crippen molar-refractivity contribution in [1.82, 2.24) is 10.3 Å². The highest BCUT2D eigenvalue weighted by Gasteiger charge is 2.21. The van der Waals surface area contributed by atoms with E-state index in [2.05, 4.69) is 15.3 Å². The van der Waals surface area contributed by atoms with Crippen molar-refractivity contribution in [3.8, 4) is 0 Å². The van der Waals surface area contributed by atoms with Crippen LogP contribution < -0.4 is 11.3 Å². The lowest BCUT2D eigenvalue weighted by Gasteiger charge is -2.33. The lowest BCUT2D eigenvalue weighted by molar-refractivity contribution is 0.114. The number of hydrogen-bond acceptors (Lipinski definition) is 3. The van der Waals surface area contributed by atoms with Crippen LogP contribution in [0.3, 0.4) is 0 Å². The van der Waals surface area contributed by atoms with Gasteiger partial charge in [-0.3, -0.25) is 10.4 Å². The van der Waals surface area contributed by atoms with Crippen LogP contribution in [0, 0.1) is 5.92 Å². The number of nitrogens with one attached hydrogen (secondary N) is 1. The number of aliphatic imine (C=N–C) groups is 1. The molecule has 0 amide bonds. The van der Waals surface area contributed by atoms with E-state index in [1.165, 1.54) is 12.8 Å². The van der Waals surface area contributed by atoms with Gasteiger partial charge in [-0.15, -0.1) is 0 Å². The third-order valence-electron chi connectivity index (χ3n) is 2.56. The molecule has 0 radical (unpaired) electrons. The zero-order valence-corrected chi connectivity index (χ0v) is 8.99. The SMILES string of the molecule is CN=C(NN)N1CCCC(COC)C1. The highest BCUT2D eigenvalue weighted by Crippen LogP contribution is 2.16. The third-order valence-corrected chi connectivity index (χ3v) is 2.56. The average molecular weight is 200 g/mol. The molecule has 0 spiro atoms. The first kappa shape index (κ1) is 11.3. The van der Waals surface area contributed by atoms with E-state index in [0.29, 0.717) is 5.92 Å². The van der Waals surface area contributed by atoms with E-state index in [-0.39, 0.29) is 0 Å². The Morgan fingerprint density at radius 2 is 2.50 bits per heavy atom. The van der Waals surface area contributed by atoms with E-state index in [9.17, 15) is 0 Å². The molecular formula is C9H20N4O. The van der Waals surface area contributed by atoms with E-state index in [0.717, 1.165) is 25.7 Å². The summed E-state index contributed by atoms with van der Waals surface area (Å²) in [5.74, 6) is 6.75. The van der Waals surface area contributed by atoms with Crippen LogP contribution in [-0.4, -0.2) is 44.7 Å². The predicted octanol–water partition coefficient (Wildman–Crippen LogP) is -0.206. The Balaban J connectivity index is 2.46. The van der Waals surface area contributed by atoms with Gasteiger partial charge in [0.25, 0.3) is 0 Å². The highest BCUT2D eigenvalue weighted by atomic mass is 16.5. The molecule has 5 nitrogen and oxygen atoms in total. The summed E-state index contributed by atoms with van der Waals surface area (Å²) in [4.78, 5) is 6.26.